The van der Waals surface area contributed by atoms with E-state index in [-0.39, 0.29) is 18.1 Å². The van der Waals surface area contributed by atoms with Crippen LogP contribution in [0, 0.1) is 5.82 Å². The van der Waals surface area contributed by atoms with Gasteiger partial charge in [0.15, 0.2) is 0 Å². The van der Waals surface area contributed by atoms with Crippen molar-refractivity contribution in [1.82, 2.24) is 9.55 Å². The zero-order valence-electron chi connectivity index (χ0n) is 8.93. The molecule has 0 fully saturated rings. The standard InChI is InChI=1S/C11H11FN4O/c12-9-2-1-8(13)5-10(9)15-11(17)6-16-4-3-14-7-16/h1-5,7H,6,13H2,(H,15,17). The van der Waals surface area contributed by atoms with Crippen molar-refractivity contribution in [2.24, 2.45) is 0 Å². The number of hydrogen-bond acceptors (Lipinski definition) is 3. The lowest BCUT2D eigenvalue weighted by atomic mass is 10.2. The summed E-state index contributed by atoms with van der Waals surface area (Å²) in [4.78, 5) is 15.4. The van der Waals surface area contributed by atoms with Gasteiger partial charge in [0.2, 0.25) is 5.91 Å². The van der Waals surface area contributed by atoms with Crippen LogP contribution < -0.4 is 11.1 Å². The number of carbonyl (C=O) groups is 1. The number of benzene rings is 1. The van der Waals surface area contributed by atoms with Gasteiger partial charge in [-0.05, 0) is 18.2 Å². The quantitative estimate of drug-likeness (QED) is 0.785. The highest BCUT2D eigenvalue weighted by Gasteiger charge is 2.07. The summed E-state index contributed by atoms with van der Waals surface area (Å²) in [5.41, 5.74) is 5.98. The summed E-state index contributed by atoms with van der Waals surface area (Å²) < 4.78 is 14.9. The van der Waals surface area contributed by atoms with Gasteiger partial charge in [-0.1, -0.05) is 0 Å². The van der Waals surface area contributed by atoms with Gasteiger partial charge >= 0.3 is 0 Å². The number of nitrogen functional groups attached to an aromatic ring is 1. The predicted molar refractivity (Wildman–Crippen MR) is 61.7 cm³/mol. The highest BCUT2D eigenvalue weighted by molar-refractivity contribution is 5.91. The van der Waals surface area contributed by atoms with Crippen molar-refractivity contribution in [3.8, 4) is 0 Å². The lowest BCUT2D eigenvalue weighted by Gasteiger charge is -2.07. The molecule has 0 saturated heterocycles. The van der Waals surface area contributed by atoms with E-state index in [9.17, 15) is 9.18 Å². The van der Waals surface area contributed by atoms with Gasteiger partial charge in [-0.3, -0.25) is 4.79 Å². The van der Waals surface area contributed by atoms with Crippen molar-refractivity contribution in [1.29, 1.82) is 0 Å². The molecule has 0 aliphatic heterocycles. The summed E-state index contributed by atoms with van der Waals surface area (Å²) in [7, 11) is 0. The van der Waals surface area contributed by atoms with Crippen molar-refractivity contribution in [3.05, 3.63) is 42.7 Å². The third-order valence-electron chi connectivity index (χ3n) is 2.15. The van der Waals surface area contributed by atoms with E-state index in [0.717, 1.165) is 0 Å². The maximum absolute atomic E-state index is 13.3. The summed E-state index contributed by atoms with van der Waals surface area (Å²) in [6.45, 7) is 0.0776. The Kier molecular flexibility index (Phi) is 3.04. The molecule has 0 aliphatic carbocycles. The normalized spacial score (nSPS) is 10.2. The zero-order chi connectivity index (χ0) is 12.3. The van der Waals surface area contributed by atoms with Gasteiger partial charge in [0.05, 0.1) is 12.0 Å². The number of nitrogens with two attached hydrogens (primary N) is 1. The first kappa shape index (κ1) is 11.1. The Bertz CT molecular complexity index is 524. The molecule has 5 nitrogen and oxygen atoms in total. The molecule has 17 heavy (non-hydrogen) atoms. The highest BCUT2D eigenvalue weighted by atomic mass is 19.1. The van der Waals surface area contributed by atoms with Crippen LogP contribution in [0.1, 0.15) is 0 Å². The maximum Gasteiger partial charge on any atom is 0.244 e. The first-order valence-corrected chi connectivity index (χ1v) is 4.96. The molecule has 0 unspecified atom stereocenters. The van der Waals surface area contributed by atoms with Gasteiger partial charge in [0.1, 0.15) is 12.4 Å². The fourth-order valence-electron chi connectivity index (χ4n) is 1.37. The van der Waals surface area contributed by atoms with Crippen LogP contribution in [0.3, 0.4) is 0 Å². The van der Waals surface area contributed by atoms with Crippen LogP contribution in [0.25, 0.3) is 0 Å². The summed E-state index contributed by atoms with van der Waals surface area (Å²) in [6, 6.07) is 4.02. The Hall–Kier alpha value is -2.37. The lowest BCUT2D eigenvalue weighted by molar-refractivity contribution is -0.116. The minimum Gasteiger partial charge on any atom is -0.399 e. The number of halogens is 1. The monoisotopic (exact) mass is 234 g/mol. The van der Waals surface area contributed by atoms with Gasteiger partial charge in [-0.25, -0.2) is 9.37 Å². The maximum atomic E-state index is 13.3. The minimum absolute atomic E-state index is 0.0776. The van der Waals surface area contributed by atoms with Gasteiger partial charge in [0.25, 0.3) is 0 Å². The Morgan fingerprint density at radius 2 is 2.35 bits per heavy atom. The van der Waals surface area contributed by atoms with E-state index in [1.165, 1.54) is 24.5 Å². The number of amides is 1. The Balaban J connectivity index is 2.05. The molecule has 1 aromatic carbocycles. The number of carbonyl (C=O) groups excluding carboxylic acids is 1. The summed E-state index contributed by atoms with van der Waals surface area (Å²) in [5.74, 6) is -0.856. The number of rotatable bonds is 3. The lowest BCUT2D eigenvalue weighted by Crippen LogP contribution is -2.18. The smallest absolute Gasteiger partial charge is 0.244 e. The molecule has 0 spiro atoms. The van der Waals surface area contributed by atoms with Crippen molar-refractivity contribution < 1.29 is 9.18 Å². The molecule has 1 heterocycles. The zero-order valence-corrected chi connectivity index (χ0v) is 8.93. The molecule has 1 aromatic heterocycles. The average molecular weight is 234 g/mol. The van der Waals surface area contributed by atoms with Crippen LogP contribution in [-0.4, -0.2) is 15.5 Å². The molecule has 88 valence electrons. The first-order chi connectivity index (χ1) is 8.15. The third-order valence-corrected chi connectivity index (χ3v) is 2.15. The molecule has 0 atom stereocenters. The van der Waals surface area contributed by atoms with Crippen LogP contribution in [0.2, 0.25) is 0 Å². The molecule has 2 aromatic rings. The first-order valence-electron chi connectivity index (χ1n) is 4.96. The molecule has 0 radical (unpaired) electrons. The van der Waals surface area contributed by atoms with Gasteiger partial charge in [-0.15, -0.1) is 0 Å². The molecular formula is C11H11FN4O. The fraction of sp³-hybridized carbons (Fsp3) is 0.0909. The van der Waals surface area contributed by atoms with E-state index >= 15 is 0 Å². The SMILES string of the molecule is Nc1ccc(F)c(NC(=O)Cn2ccnc2)c1. The second kappa shape index (κ2) is 4.65. The van der Waals surface area contributed by atoms with Crippen molar-refractivity contribution in [3.63, 3.8) is 0 Å². The van der Waals surface area contributed by atoms with E-state index in [1.54, 1.807) is 17.0 Å². The number of hydrogen-bond donors (Lipinski definition) is 2. The molecule has 3 N–H and O–H groups in total. The summed E-state index contributed by atoms with van der Waals surface area (Å²) in [6.07, 6.45) is 4.72. The largest absolute Gasteiger partial charge is 0.399 e. The topological polar surface area (TPSA) is 72.9 Å². The average Bonchev–Trinajstić information content (AvgIpc) is 2.76. The van der Waals surface area contributed by atoms with Gasteiger partial charge in [0, 0.05) is 18.1 Å². The van der Waals surface area contributed by atoms with Crippen molar-refractivity contribution in [2.75, 3.05) is 11.1 Å². The van der Waals surface area contributed by atoms with Crippen molar-refractivity contribution >= 4 is 17.3 Å². The Morgan fingerprint density at radius 3 is 3.06 bits per heavy atom. The van der Waals surface area contributed by atoms with Crippen LogP contribution >= 0.6 is 0 Å². The van der Waals surface area contributed by atoms with Crippen LogP contribution in [-0.2, 0) is 11.3 Å². The van der Waals surface area contributed by atoms with Crippen LogP contribution in [0.15, 0.2) is 36.9 Å². The number of imidazole rings is 1. The number of nitrogens with zero attached hydrogens (tertiary/aromatic N) is 2. The third kappa shape index (κ3) is 2.81. The van der Waals surface area contributed by atoms with E-state index in [4.69, 9.17) is 5.73 Å². The van der Waals surface area contributed by atoms with Crippen LogP contribution in [0.5, 0.6) is 0 Å². The van der Waals surface area contributed by atoms with E-state index in [2.05, 4.69) is 10.3 Å². The molecular weight excluding hydrogens is 223 g/mol. The molecule has 6 heteroatoms. The summed E-state index contributed by atoms with van der Waals surface area (Å²) in [5, 5.41) is 2.45. The van der Waals surface area contributed by atoms with Gasteiger partial charge in [-0.2, -0.15) is 0 Å². The van der Waals surface area contributed by atoms with Crippen molar-refractivity contribution in [2.45, 2.75) is 6.54 Å². The minimum atomic E-state index is -0.516. The second-order valence-corrected chi connectivity index (χ2v) is 3.52. The molecule has 1 amide bonds. The molecule has 0 saturated carbocycles. The highest BCUT2D eigenvalue weighted by Crippen LogP contribution is 2.17. The number of aromatic nitrogens is 2. The fourth-order valence-corrected chi connectivity index (χ4v) is 1.37. The summed E-state index contributed by atoms with van der Waals surface area (Å²) >= 11 is 0. The molecule has 0 aliphatic rings. The van der Waals surface area contributed by atoms with Crippen LogP contribution in [0.4, 0.5) is 15.8 Å². The molecule has 0 bridgehead atoms. The Labute approximate surface area is 97.1 Å². The van der Waals surface area contributed by atoms with Gasteiger partial charge < -0.3 is 15.6 Å². The number of nitrogens with one attached hydrogen (secondary N) is 1. The second-order valence-electron chi connectivity index (χ2n) is 3.52. The van der Waals surface area contributed by atoms with E-state index < -0.39 is 5.82 Å². The predicted octanol–water partition coefficient (Wildman–Crippen LogP) is 1.24. The van der Waals surface area contributed by atoms with E-state index in [1.807, 2.05) is 0 Å². The molecule has 2 rings (SSSR count). The van der Waals surface area contributed by atoms with E-state index in [0.29, 0.717) is 5.69 Å². The Morgan fingerprint density at radius 1 is 1.53 bits per heavy atom. The number of anilines is 2.